The number of nitrogens with one attached hydrogen (secondary N) is 1. The van der Waals surface area contributed by atoms with E-state index in [4.69, 9.17) is 11.6 Å². The molecule has 1 aromatic carbocycles. The van der Waals surface area contributed by atoms with Crippen LogP contribution in [0, 0.1) is 11.7 Å². The summed E-state index contributed by atoms with van der Waals surface area (Å²) >= 11 is 5.73. The molecule has 106 valence electrons. The molecular weight excluding hydrogens is 263 g/mol. The van der Waals surface area contributed by atoms with E-state index in [0.29, 0.717) is 23.0 Å². The maximum Gasteiger partial charge on any atom is 0.129 e. The molecule has 1 fully saturated rings. The minimum Gasteiger partial charge on any atom is -0.312 e. The van der Waals surface area contributed by atoms with Gasteiger partial charge in [-0.3, -0.25) is 0 Å². The average Bonchev–Trinajstić information content (AvgIpc) is 2.84. The number of halogens is 2. The van der Waals surface area contributed by atoms with E-state index in [1.807, 2.05) is 0 Å². The van der Waals surface area contributed by atoms with Crippen LogP contribution in [-0.2, 0) is 6.54 Å². The Balaban J connectivity index is 1.70. The molecule has 1 saturated heterocycles. The first kappa shape index (κ1) is 14.8. The zero-order valence-electron chi connectivity index (χ0n) is 11.5. The normalized spacial score (nSPS) is 17.8. The minimum atomic E-state index is -0.229. The molecule has 1 atom stereocenters. The van der Waals surface area contributed by atoms with Gasteiger partial charge in [-0.2, -0.15) is 0 Å². The first-order chi connectivity index (χ1) is 9.15. The third-order valence-corrected chi connectivity index (χ3v) is 3.83. The Morgan fingerprint density at radius 1 is 1.37 bits per heavy atom. The summed E-state index contributed by atoms with van der Waals surface area (Å²) in [6, 6.07) is 4.84. The van der Waals surface area contributed by atoms with Crippen molar-refractivity contribution in [1.82, 2.24) is 10.2 Å². The van der Waals surface area contributed by atoms with Crippen molar-refractivity contribution in [3.05, 3.63) is 34.6 Å². The standard InChI is InChI=1S/C15H22ClFN2/c1-12(11-19-6-2-3-7-19)9-18-10-13-4-5-14(16)8-15(13)17/h4-5,8,12,18H,2-3,6-7,9-11H2,1H3. The molecule has 0 aliphatic carbocycles. The largest absolute Gasteiger partial charge is 0.312 e. The average molecular weight is 285 g/mol. The Kier molecular flexibility index (Phi) is 5.61. The number of hydrogen-bond acceptors (Lipinski definition) is 2. The maximum absolute atomic E-state index is 13.6. The Bertz CT molecular complexity index is 405. The van der Waals surface area contributed by atoms with Gasteiger partial charge in [-0.15, -0.1) is 0 Å². The topological polar surface area (TPSA) is 15.3 Å². The number of nitrogens with zero attached hydrogens (tertiary/aromatic N) is 1. The van der Waals surface area contributed by atoms with Crippen LogP contribution in [0.4, 0.5) is 4.39 Å². The van der Waals surface area contributed by atoms with Gasteiger partial charge in [-0.05, 0) is 50.5 Å². The van der Waals surface area contributed by atoms with Crippen molar-refractivity contribution < 1.29 is 4.39 Å². The Morgan fingerprint density at radius 3 is 2.79 bits per heavy atom. The predicted octanol–water partition coefficient (Wildman–Crippen LogP) is 3.30. The fraction of sp³-hybridized carbons (Fsp3) is 0.600. The SMILES string of the molecule is CC(CNCc1ccc(Cl)cc1F)CN1CCCC1. The van der Waals surface area contributed by atoms with Gasteiger partial charge < -0.3 is 10.2 Å². The molecule has 1 aliphatic rings. The predicted molar refractivity (Wildman–Crippen MR) is 78.0 cm³/mol. The molecule has 0 radical (unpaired) electrons. The molecule has 19 heavy (non-hydrogen) atoms. The number of rotatable bonds is 6. The van der Waals surface area contributed by atoms with Crippen molar-refractivity contribution in [2.45, 2.75) is 26.3 Å². The van der Waals surface area contributed by atoms with Gasteiger partial charge in [0.05, 0.1) is 0 Å². The Morgan fingerprint density at radius 2 is 2.11 bits per heavy atom. The van der Waals surface area contributed by atoms with Crippen LogP contribution in [0.15, 0.2) is 18.2 Å². The van der Waals surface area contributed by atoms with E-state index < -0.39 is 0 Å². The van der Waals surface area contributed by atoms with Gasteiger partial charge in [-0.25, -0.2) is 4.39 Å². The van der Waals surface area contributed by atoms with E-state index in [1.54, 1.807) is 12.1 Å². The van der Waals surface area contributed by atoms with Crippen molar-refractivity contribution >= 4 is 11.6 Å². The molecule has 1 heterocycles. The zero-order valence-corrected chi connectivity index (χ0v) is 12.2. The lowest BCUT2D eigenvalue weighted by Crippen LogP contribution is -2.31. The summed E-state index contributed by atoms with van der Waals surface area (Å²) in [5, 5.41) is 3.77. The first-order valence-electron chi connectivity index (χ1n) is 7.02. The quantitative estimate of drug-likeness (QED) is 0.862. The van der Waals surface area contributed by atoms with Crippen LogP contribution in [0.3, 0.4) is 0 Å². The second-order valence-corrected chi connectivity index (χ2v) is 5.92. The molecule has 2 rings (SSSR count). The van der Waals surface area contributed by atoms with Crippen molar-refractivity contribution in [3.8, 4) is 0 Å². The summed E-state index contributed by atoms with van der Waals surface area (Å²) in [6.45, 7) is 7.32. The van der Waals surface area contributed by atoms with Crippen LogP contribution in [0.1, 0.15) is 25.3 Å². The lowest BCUT2D eigenvalue weighted by molar-refractivity contribution is 0.282. The second-order valence-electron chi connectivity index (χ2n) is 5.48. The molecule has 0 bridgehead atoms. The van der Waals surface area contributed by atoms with Crippen LogP contribution >= 0.6 is 11.6 Å². The Hall–Kier alpha value is -0.640. The zero-order chi connectivity index (χ0) is 13.7. The van der Waals surface area contributed by atoms with Crippen molar-refractivity contribution in [2.24, 2.45) is 5.92 Å². The third kappa shape index (κ3) is 4.75. The summed E-state index contributed by atoms with van der Waals surface area (Å²) < 4.78 is 13.6. The lowest BCUT2D eigenvalue weighted by atomic mass is 10.1. The molecule has 4 heteroatoms. The van der Waals surface area contributed by atoms with Gasteiger partial charge in [0.25, 0.3) is 0 Å². The van der Waals surface area contributed by atoms with E-state index in [1.165, 1.54) is 32.0 Å². The highest BCUT2D eigenvalue weighted by molar-refractivity contribution is 6.30. The maximum atomic E-state index is 13.6. The smallest absolute Gasteiger partial charge is 0.129 e. The van der Waals surface area contributed by atoms with Gasteiger partial charge in [0.15, 0.2) is 0 Å². The van der Waals surface area contributed by atoms with Crippen LogP contribution in [0.2, 0.25) is 5.02 Å². The molecule has 0 aromatic heterocycles. The van der Waals surface area contributed by atoms with Gasteiger partial charge >= 0.3 is 0 Å². The van der Waals surface area contributed by atoms with E-state index >= 15 is 0 Å². The van der Waals surface area contributed by atoms with E-state index in [2.05, 4.69) is 17.1 Å². The summed E-state index contributed by atoms with van der Waals surface area (Å²) in [5.74, 6) is 0.362. The van der Waals surface area contributed by atoms with E-state index in [0.717, 1.165) is 13.1 Å². The lowest BCUT2D eigenvalue weighted by Gasteiger charge is -2.20. The van der Waals surface area contributed by atoms with Gasteiger partial charge in [0.2, 0.25) is 0 Å². The van der Waals surface area contributed by atoms with Crippen molar-refractivity contribution in [3.63, 3.8) is 0 Å². The van der Waals surface area contributed by atoms with Crippen LogP contribution in [0.25, 0.3) is 0 Å². The van der Waals surface area contributed by atoms with Crippen molar-refractivity contribution in [1.29, 1.82) is 0 Å². The molecule has 0 spiro atoms. The molecule has 1 unspecified atom stereocenters. The summed E-state index contributed by atoms with van der Waals surface area (Å²) in [5.41, 5.74) is 0.678. The van der Waals surface area contributed by atoms with Crippen LogP contribution in [-0.4, -0.2) is 31.1 Å². The molecule has 1 aromatic rings. The molecule has 0 amide bonds. The molecular formula is C15H22ClFN2. The van der Waals surface area contributed by atoms with Gasteiger partial charge in [-0.1, -0.05) is 24.6 Å². The van der Waals surface area contributed by atoms with Gasteiger partial charge in [0.1, 0.15) is 5.82 Å². The fourth-order valence-corrected chi connectivity index (χ4v) is 2.75. The molecule has 1 N–H and O–H groups in total. The summed E-state index contributed by atoms with van der Waals surface area (Å²) in [4.78, 5) is 2.51. The van der Waals surface area contributed by atoms with E-state index in [9.17, 15) is 4.39 Å². The fourth-order valence-electron chi connectivity index (χ4n) is 2.59. The van der Waals surface area contributed by atoms with Crippen LogP contribution < -0.4 is 5.32 Å². The van der Waals surface area contributed by atoms with Crippen molar-refractivity contribution in [2.75, 3.05) is 26.2 Å². The summed E-state index contributed by atoms with van der Waals surface area (Å²) in [7, 11) is 0. The summed E-state index contributed by atoms with van der Waals surface area (Å²) in [6.07, 6.45) is 2.66. The number of benzene rings is 1. The first-order valence-corrected chi connectivity index (χ1v) is 7.40. The Labute approximate surface area is 119 Å². The minimum absolute atomic E-state index is 0.229. The highest BCUT2D eigenvalue weighted by Crippen LogP contribution is 2.14. The monoisotopic (exact) mass is 284 g/mol. The highest BCUT2D eigenvalue weighted by atomic mass is 35.5. The molecule has 0 saturated carbocycles. The van der Waals surface area contributed by atoms with E-state index in [-0.39, 0.29) is 5.82 Å². The van der Waals surface area contributed by atoms with Gasteiger partial charge in [0, 0.05) is 23.7 Å². The molecule has 2 nitrogen and oxygen atoms in total. The molecule has 1 aliphatic heterocycles. The number of likely N-dealkylation sites (tertiary alicyclic amines) is 1. The number of hydrogen-bond donors (Lipinski definition) is 1. The highest BCUT2D eigenvalue weighted by Gasteiger charge is 2.14. The second kappa shape index (κ2) is 7.22. The third-order valence-electron chi connectivity index (χ3n) is 3.59. The van der Waals surface area contributed by atoms with Crippen LogP contribution in [0.5, 0.6) is 0 Å².